The first kappa shape index (κ1) is 18.1. The number of nitrogens with one attached hydrogen (secondary N) is 1. The molecule has 0 saturated carbocycles. The second-order valence-electron chi connectivity index (χ2n) is 5.85. The van der Waals surface area contributed by atoms with Crippen molar-refractivity contribution >= 4 is 5.91 Å². The van der Waals surface area contributed by atoms with Gasteiger partial charge in [0.1, 0.15) is 11.5 Å². The Hall–Kier alpha value is -2.21. The summed E-state index contributed by atoms with van der Waals surface area (Å²) in [5.74, 6) is -0.660. The summed E-state index contributed by atoms with van der Waals surface area (Å²) < 4.78 is 15.2. The van der Waals surface area contributed by atoms with Gasteiger partial charge in [0.15, 0.2) is 0 Å². The largest absolute Gasteiger partial charge is 0.392 e. The summed E-state index contributed by atoms with van der Waals surface area (Å²) in [5.41, 5.74) is 2.29. The second-order valence-corrected chi connectivity index (χ2v) is 5.85. The number of hydrogen-bond donors (Lipinski definition) is 2. The van der Waals surface area contributed by atoms with Gasteiger partial charge in [-0.15, -0.1) is 0 Å². The van der Waals surface area contributed by atoms with Gasteiger partial charge in [-0.1, -0.05) is 19.9 Å². The van der Waals surface area contributed by atoms with Crippen LogP contribution in [0, 0.1) is 12.7 Å². The van der Waals surface area contributed by atoms with Crippen molar-refractivity contribution in [2.24, 2.45) is 0 Å². The monoisotopic (exact) mass is 333 g/mol. The fourth-order valence-corrected chi connectivity index (χ4v) is 2.73. The van der Waals surface area contributed by atoms with Gasteiger partial charge in [-0.3, -0.25) is 9.48 Å². The third kappa shape index (κ3) is 4.00. The van der Waals surface area contributed by atoms with Crippen LogP contribution >= 0.6 is 0 Å². The molecule has 2 rings (SSSR count). The predicted octanol–water partition coefficient (Wildman–Crippen LogP) is 3.11. The highest BCUT2D eigenvalue weighted by molar-refractivity contribution is 5.92. The maximum Gasteiger partial charge on any atom is 0.269 e. The van der Waals surface area contributed by atoms with Crippen molar-refractivity contribution in [2.45, 2.75) is 52.8 Å². The van der Waals surface area contributed by atoms with E-state index in [4.69, 9.17) is 5.11 Å². The van der Waals surface area contributed by atoms with Gasteiger partial charge >= 0.3 is 0 Å². The molecular formula is C18H24FN3O2. The number of aliphatic hydroxyl groups is 1. The molecule has 0 aliphatic rings. The Bertz CT molecular complexity index is 708. The van der Waals surface area contributed by atoms with Crippen molar-refractivity contribution in [2.75, 3.05) is 0 Å². The third-order valence-corrected chi connectivity index (χ3v) is 4.11. The topological polar surface area (TPSA) is 67.2 Å². The normalized spacial score (nSPS) is 11.1. The summed E-state index contributed by atoms with van der Waals surface area (Å²) in [5, 5.41) is 16.4. The molecular weight excluding hydrogens is 309 g/mol. The Morgan fingerprint density at radius 3 is 2.67 bits per heavy atom. The lowest BCUT2D eigenvalue weighted by molar-refractivity contribution is 0.0937. The first-order valence-electron chi connectivity index (χ1n) is 8.22. The molecule has 0 fully saturated rings. The fraction of sp³-hybridized carbons (Fsp3) is 0.444. The number of aromatic nitrogens is 2. The predicted molar refractivity (Wildman–Crippen MR) is 90.1 cm³/mol. The number of carbonyl (C=O) groups excluding carboxylic acids is 1. The molecule has 1 amide bonds. The Balaban J connectivity index is 2.13. The Morgan fingerprint density at radius 1 is 1.33 bits per heavy atom. The van der Waals surface area contributed by atoms with E-state index in [1.54, 1.807) is 22.9 Å². The van der Waals surface area contributed by atoms with Crippen LogP contribution in [0.5, 0.6) is 0 Å². The number of benzene rings is 1. The molecule has 0 aliphatic carbocycles. The highest BCUT2D eigenvalue weighted by Crippen LogP contribution is 2.18. The van der Waals surface area contributed by atoms with Gasteiger partial charge in [-0.05, 0) is 43.5 Å². The molecule has 24 heavy (non-hydrogen) atoms. The molecule has 1 aromatic heterocycles. The van der Waals surface area contributed by atoms with Crippen molar-refractivity contribution < 1.29 is 14.3 Å². The molecule has 0 radical (unpaired) electrons. The van der Waals surface area contributed by atoms with E-state index in [1.807, 2.05) is 6.92 Å². The highest BCUT2D eigenvalue weighted by Gasteiger charge is 2.18. The molecule has 6 heteroatoms. The van der Waals surface area contributed by atoms with Gasteiger partial charge in [0, 0.05) is 12.1 Å². The number of halogens is 1. The average molecular weight is 333 g/mol. The zero-order valence-corrected chi connectivity index (χ0v) is 14.3. The lowest BCUT2D eigenvalue weighted by atomic mass is 10.1. The summed E-state index contributed by atoms with van der Waals surface area (Å²) >= 11 is 0. The minimum Gasteiger partial charge on any atom is -0.392 e. The summed E-state index contributed by atoms with van der Waals surface area (Å²) in [6, 6.07) is 6.41. The van der Waals surface area contributed by atoms with Crippen molar-refractivity contribution in [1.82, 2.24) is 15.1 Å². The van der Waals surface area contributed by atoms with Crippen LogP contribution in [0.2, 0.25) is 0 Å². The Kier molecular flexibility index (Phi) is 6.09. The molecule has 0 atom stereocenters. The van der Waals surface area contributed by atoms with Crippen LogP contribution in [-0.2, 0) is 13.2 Å². The number of aliphatic hydroxyl groups excluding tert-OH is 1. The summed E-state index contributed by atoms with van der Waals surface area (Å²) in [7, 11) is 0. The SMILES string of the molecule is CCC(CC)n1nc(C)cc1C(=O)NCc1ccc(F)c(CO)c1. The van der Waals surface area contributed by atoms with Gasteiger partial charge in [-0.2, -0.15) is 5.10 Å². The number of amides is 1. The molecule has 2 aromatic rings. The zero-order valence-electron chi connectivity index (χ0n) is 14.3. The third-order valence-electron chi connectivity index (χ3n) is 4.11. The van der Waals surface area contributed by atoms with Crippen LogP contribution in [0.3, 0.4) is 0 Å². The lowest BCUT2D eigenvalue weighted by Crippen LogP contribution is -2.27. The minimum absolute atomic E-state index is 0.186. The molecule has 1 heterocycles. The van der Waals surface area contributed by atoms with Crippen molar-refractivity contribution in [1.29, 1.82) is 0 Å². The number of carbonyl (C=O) groups is 1. The summed E-state index contributed by atoms with van der Waals surface area (Å²) in [6.45, 7) is 5.90. The van der Waals surface area contributed by atoms with Crippen molar-refractivity contribution in [3.05, 3.63) is 52.6 Å². The van der Waals surface area contributed by atoms with Crippen LogP contribution in [-0.4, -0.2) is 20.8 Å². The minimum atomic E-state index is -0.449. The highest BCUT2D eigenvalue weighted by atomic mass is 19.1. The van der Waals surface area contributed by atoms with E-state index in [0.29, 0.717) is 5.69 Å². The van der Waals surface area contributed by atoms with E-state index in [0.717, 1.165) is 24.1 Å². The van der Waals surface area contributed by atoms with E-state index in [2.05, 4.69) is 24.3 Å². The number of nitrogens with zero attached hydrogens (tertiary/aromatic N) is 2. The molecule has 0 saturated heterocycles. The molecule has 130 valence electrons. The molecule has 2 N–H and O–H groups in total. The number of hydrogen-bond acceptors (Lipinski definition) is 3. The molecule has 5 nitrogen and oxygen atoms in total. The van der Waals surface area contributed by atoms with Crippen LogP contribution in [0.25, 0.3) is 0 Å². The molecule has 0 bridgehead atoms. The molecule has 1 aromatic carbocycles. The van der Waals surface area contributed by atoms with Gasteiger partial charge in [0.2, 0.25) is 0 Å². The zero-order chi connectivity index (χ0) is 17.7. The molecule has 0 spiro atoms. The van der Waals surface area contributed by atoms with Gasteiger partial charge < -0.3 is 10.4 Å². The number of aryl methyl sites for hydroxylation is 1. The Morgan fingerprint density at radius 2 is 2.04 bits per heavy atom. The fourth-order valence-electron chi connectivity index (χ4n) is 2.73. The Labute approximate surface area is 141 Å². The number of rotatable bonds is 7. The van der Waals surface area contributed by atoms with Crippen LogP contribution < -0.4 is 5.32 Å². The van der Waals surface area contributed by atoms with E-state index in [-0.39, 0.29) is 30.7 Å². The van der Waals surface area contributed by atoms with E-state index < -0.39 is 5.82 Å². The van der Waals surface area contributed by atoms with Crippen LogP contribution in [0.1, 0.15) is 60.0 Å². The lowest BCUT2D eigenvalue weighted by Gasteiger charge is -2.16. The summed E-state index contributed by atoms with van der Waals surface area (Å²) in [4.78, 5) is 12.5. The van der Waals surface area contributed by atoms with Gasteiger partial charge in [-0.25, -0.2) is 4.39 Å². The van der Waals surface area contributed by atoms with Crippen LogP contribution in [0.4, 0.5) is 4.39 Å². The van der Waals surface area contributed by atoms with Crippen molar-refractivity contribution in [3.8, 4) is 0 Å². The van der Waals surface area contributed by atoms with Gasteiger partial charge in [0.25, 0.3) is 5.91 Å². The standard InChI is InChI=1S/C18H24FN3O2/c1-4-15(5-2)22-17(8-12(3)21-22)18(24)20-10-13-6-7-16(19)14(9-13)11-23/h6-9,15,23H,4-5,10-11H2,1-3H3,(H,20,24). The van der Waals surface area contributed by atoms with E-state index >= 15 is 0 Å². The second kappa shape index (κ2) is 8.06. The first-order chi connectivity index (χ1) is 11.5. The average Bonchev–Trinajstić information content (AvgIpc) is 2.96. The molecule has 0 unspecified atom stereocenters. The van der Waals surface area contributed by atoms with Gasteiger partial charge in [0.05, 0.1) is 18.3 Å². The summed E-state index contributed by atoms with van der Waals surface area (Å²) in [6.07, 6.45) is 1.80. The molecule has 0 aliphatic heterocycles. The van der Waals surface area contributed by atoms with E-state index in [9.17, 15) is 9.18 Å². The van der Waals surface area contributed by atoms with E-state index in [1.165, 1.54) is 6.07 Å². The maximum atomic E-state index is 13.4. The van der Waals surface area contributed by atoms with Crippen molar-refractivity contribution in [3.63, 3.8) is 0 Å². The quantitative estimate of drug-likeness (QED) is 0.818. The first-order valence-corrected chi connectivity index (χ1v) is 8.22. The van der Waals surface area contributed by atoms with Crippen LogP contribution in [0.15, 0.2) is 24.3 Å². The maximum absolute atomic E-state index is 13.4. The smallest absolute Gasteiger partial charge is 0.269 e.